The van der Waals surface area contributed by atoms with E-state index in [1.165, 1.54) is 0 Å². The molecule has 0 aliphatic rings. The number of carbonyl (C=O) groups is 1. The number of nitrogens with zero attached hydrogens (tertiary/aromatic N) is 1. The third kappa shape index (κ3) is 4.07. The second-order valence-corrected chi connectivity index (χ2v) is 5.96. The largest absolute Gasteiger partial charge is 0.497 e. The number of amides is 1. The van der Waals surface area contributed by atoms with Crippen molar-refractivity contribution in [1.29, 1.82) is 0 Å². The van der Waals surface area contributed by atoms with E-state index in [1.807, 2.05) is 43.5 Å². The van der Waals surface area contributed by atoms with E-state index in [1.54, 1.807) is 18.4 Å². The van der Waals surface area contributed by atoms with Gasteiger partial charge in [0.1, 0.15) is 10.8 Å². The lowest BCUT2D eigenvalue weighted by Gasteiger charge is -2.11. The molecule has 2 rings (SSSR count). The first-order valence-corrected chi connectivity index (χ1v) is 8.42. The number of carbonyl (C=O) groups excluding carboxylic acids is 1. The van der Waals surface area contributed by atoms with E-state index in [0.717, 1.165) is 34.9 Å². The number of benzene rings is 1. The Labute approximate surface area is 135 Å². The molecule has 0 unspecified atom stereocenters. The Bertz CT molecular complexity index is 603. The second kappa shape index (κ2) is 7.94. The van der Waals surface area contributed by atoms with Crippen molar-refractivity contribution in [3.8, 4) is 16.3 Å². The highest BCUT2D eigenvalue weighted by Crippen LogP contribution is 2.25. The van der Waals surface area contributed by atoms with Crippen molar-refractivity contribution in [2.24, 2.45) is 5.92 Å². The van der Waals surface area contributed by atoms with E-state index >= 15 is 0 Å². The van der Waals surface area contributed by atoms with Gasteiger partial charge in [-0.2, -0.15) is 0 Å². The molecule has 0 atom stereocenters. The molecule has 22 heavy (non-hydrogen) atoms. The first-order valence-electron chi connectivity index (χ1n) is 7.54. The van der Waals surface area contributed by atoms with Gasteiger partial charge in [0.25, 0.3) is 0 Å². The summed E-state index contributed by atoms with van der Waals surface area (Å²) in [6.07, 6.45) is 1.74. The quantitative estimate of drug-likeness (QED) is 0.843. The van der Waals surface area contributed by atoms with Crippen molar-refractivity contribution in [3.63, 3.8) is 0 Å². The number of hydrogen-bond donors (Lipinski definition) is 1. The maximum atomic E-state index is 12.0. The molecule has 1 heterocycles. The predicted molar refractivity (Wildman–Crippen MR) is 90.0 cm³/mol. The molecule has 1 aromatic heterocycles. The number of rotatable bonds is 7. The highest BCUT2D eigenvalue weighted by atomic mass is 32.1. The minimum Gasteiger partial charge on any atom is -0.497 e. The average Bonchev–Trinajstić information content (AvgIpc) is 3.03. The summed E-state index contributed by atoms with van der Waals surface area (Å²) >= 11 is 1.58. The number of ether oxygens (including phenoxy) is 1. The lowest BCUT2D eigenvalue weighted by atomic mass is 10.0. The average molecular weight is 318 g/mol. The molecule has 1 aromatic carbocycles. The summed E-state index contributed by atoms with van der Waals surface area (Å²) in [4.78, 5) is 16.6. The van der Waals surface area contributed by atoms with E-state index in [-0.39, 0.29) is 11.8 Å². The molecule has 2 aromatic rings. The molecule has 1 amide bonds. The number of methoxy groups -OCH3 is 1. The predicted octanol–water partition coefficient (Wildman–Crippen LogP) is 3.87. The van der Waals surface area contributed by atoms with Gasteiger partial charge in [-0.05, 0) is 37.1 Å². The van der Waals surface area contributed by atoms with Crippen LogP contribution in [-0.2, 0) is 11.3 Å². The maximum absolute atomic E-state index is 12.0. The van der Waals surface area contributed by atoms with Gasteiger partial charge in [0.2, 0.25) is 5.91 Å². The van der Waals surface area contributed by atoms with Crippen LogP contribution in [0.1, 0.15) is 32.4 Å². The summed E-state index contributed by atoms with van der Waals surface area (Å²) in [6.45, 7) is 4.57. The molecular weight excluding hydrogens is 296 g/mol. The van der Waals surface area contributed by atoms with Crippen LogP contribution in [-0.4, -0.2) is 18.0 Å². The van der Waals surface area contributed by atoms with Gasteiger partial charge < -0.3 is 10.1 Å². The van der Waals surface area contributed by atoms with Crippen LogP contribution in [0, 0.1) is 5.92 Å². The van der Waals surface area contributed by atoms with Crippen molar-refractivity contribution in [2.75, 3.05) is 7.11 Å². The van der Waals surface area contributed by atoms with Crippen LogP contribution in [0.5, 0.6) is 5.75 Å². The first-order chi connectivity index (χ1) is 10.7. The smallest absolute Gasteiger partial charge is 0.223 e. The van der Waals surface area contributed by atoms with Gasteiger partial charge in [-0.25, -0.2) is 4.98 Å². The summed E-state index contributed by atoms with van der Waals surface area (Å²) in [5.74, 6) is 1.04. The van der Waals surface area contributed by atoms with Gasteiger partial charge in [0.05, 0.1) is 19.3 Å². The zero-order valence-electron chi connectivity index (χ0n) is 13.3. The van der Waals surface area contributed by atoms with E-state index < -0.39 is 0 Å². The summed E-state index contributed by atoms with van der Waals surface area (Å²) in [5, 5.41) is 5.92. The highest BCUT2D eigenvalue weighted by Gasteiger charge is 2.14. The van der Waals surface area contributed by atoms with Gasteiger partial charge >= 0.3 is 0 Å². The minimum absolute atomic E-state index is 0.0969. The molecule has 118 valence electrons. The molecule has 0 aliphatic heterocycles. The van der Waals surface area contributed by atoms with Gasteiger partial charge in [-0.15, -0.1) is 11.3 Å². The minimum atomic E-state index is 0.0969. The zero-order chi connectivity index (χ0) is 15.9. The molecule has 0 saturated carbocycles. The number of thiazole rings is 1. The Morgan fingerprint density at radius 3 is 2.55 bits per heavy atom. The van der Waals surface area contributed by atoms with Gasteiger partial charge in [0, 0.05) is 16.9 Å². The summed E-state index contributed by atoms with van der Waals surface area (Å²) in [5.41, 5.74) is 1.96. The number of hydrogen-bond acceptors (Lipinski definition) is 4. The molecule has 4 nitrogen and oxygen atoms in total. The van der Waals surface area contributed by atoms with Crippen molar-refractivity contribution in [3.05, 3.63) is 35.3 Å². The SMILES string of the molecule is CCC(CC)C(=O)NCc1csc(-c2ccc(OC)cc2)n1. The van der Waals surface area contributed by atoms with E-state index in [2.05, 4.69) is 10.3 Å². The third-order valence-electron chi connectivity index (χ3n) is 3.69. The van der Waals surface area contributed by atoms with Gasteiger partial charge in [-0.1, -0.05) is 13.8 Å². The molecule has 1 N–H and O–H groups in total. The Morgan fingerprint density at radius 2 is 1.95 bits per heavy atom. The Balaban J connectivity index is 1.97. The second-order valence-electron chi connectivity index (χ2n) is 5.10. The van der Waals surface area contributed by atoms with Crippen LogP contribution in [0.15, 0.2) is 29.6 Å². The van der Waals surface area contributed by atoms with Crippen LogP contribution < -0.4 is 10.1 Å². The normalized spacial score (nSPS) is 10.7. The summed E-state index contributed by atoms with van der Waals surface area (Å²) in [7, 11) is 1.65. The van der Waals surface area contributed by atoms with Gasteiger partial charge in [-0.3, -0.25) is 4.79 Å². The van der Waals surface area contributed by atoms with Crippen molar-refractivity contribution >= 4 is 17.2 Å². The van der Waals surface area contributed by atoms with E-state index in [9.17, 15) is 4.79 Å². The fourth-order valence-corrected chi connectivity index (χ4v) is 3.06. The van der Waals surface area contributed by atoms with Crippen LogP contribution in [0.2, 0.25) is 0 Å². The molecule has 0 aliphatic carbocycles. The Kier molecular flexibility index (Phi) is 5.95. The zero-order valence-corrected chi connectivity index (χ0v) is 14.1. The molecular formula is C17H22N2O2S. The first kappa shape index (κ1) is 16.5. The van der Waals surface area contributed by atoms with E-state index in [0.29, 0.717) is 6.54 Å². The van der Waals surface area contributed by atoms with E-state index in [4.69, 9.17) is 4.74 Å². The van der Waals surface area contributed by atoms with Crippen molar-refractivity contribution in [1.82, 2.24) is 10.3 Å². The Morgan fingerprint density at radius 1 is 1.27 bits per heavy atom. The number of aromatic nitrogens is 1. The Hall–Kier alpha value is -1.88. The van der Waals surface area contributed by atoms with Crippen LogP contribution in [0.25, 0.3) is 10.6 Å². The molecule has 0 bridgehead atoms. The van der Waals surface area contributed by atoms with Crippen LogP contribution >= 0.6 is 11.3 Å². The molecule has 0 radical (unpaired) electrons. The topological polar surface area (TPSA) is 51.2 Å². The van der Waals surface area contributed by atoms with Crippen molar-refractivity contribution in [2.45, 2.75) is 33.2 Å². The fourth-order valence-electron chi connectivity index (χ4n) is 2.24. The summed E-state index contributed by atoms with van der Waals surface area (Å²) < 4.78 is 5.15. The monoisotopic (exact) mass is 318 g/mol. The fraction of sp³-hybridized carbons (Fsp3) is 0.412. The lowest BCUT2D eigenvalue weighted by molar-refractivity contribution is -0.125. The molecule has 0 fully saturated rings. The summed E-state index contributed by atoms with van der Waals surface area (Å²) in [6, 6.07) is 7.82. The third-order valence-corrected chi connectivity index (χ3v) is 4.63. The highest BCUT2D eigenvalue weighted by molar-refractivity contribution is 7.13. The van der Waals surface area contributed by atoms with Crippen molar-refractivity contribution < 1.29 is 9.53 Å². The molecule has 5 heteroatoms. The lowest BCUT2D eigenvalue weighted by Crippen LogP contribution is -2.29. The molecule has 0 spiro atoms. The van der Waals surface area contributed by atoms with Crippen LogP contribution in [0.3, 0.4) is 0 Å². The number of nitrogens with one attached hydrogen (secondary N) is 1. The van der Waals surface area contributed by atoms with Gasteiger partial charge in [0.15, 0.2) is 0 Å². The van der Waals surface area contributed by atoms with Crippen LogP contribution in [0.4, 0.5) is 0 Å². The molecule has 0 saturated heterocycles. The standard InChI is InChI=1S/C17H22N2O2S/c1-4-12(5-2)16(20)18-10-14-11-22-17(19-14)13-6-8-15(21-3)9-7-13/h6-9,11-12H,4-5,10H2,1-3H3,(H,18,20). The maximum Gasteiger partial charge on any atom is 0.223 e.